The van der Waals surface area contributed by atoms with Crippen LogP contribution < -0.4 is 43.8 Å². The van der Waals surface area contributed by atoms with Crippen LogP contribution in [0.5, 0.6) is 0 Å². The van der Waals surface area contributed by atoms with Crippen molar-refractivity contribution in [1.29, 1.82) is 0 Å². The molecule has 0 aliphatic carbocycles. The van der Waals surface area contributed by atoms with E-state index in [9.17, 15) is 43.5 Å². The molecule has 1 saturated heterocycles. The molecule has 47 heavy (non-hydrogen) atoms. The zero-order valence-electron chi connectivity index (χ0n) is 26.6. The maximum absolute atomic E-state index is 13.5. The van der Waals surface area contributed by atoms with E-state index >= 15 is 0 Å². The van der Waals surface area contributed by atoms with Crippen LogP contribution in [0, 0.1) is 5.92 Å². The highest BCUT2D eigenvalue weighted by Gasteiger charge is 2.40. The number of nitrogens with one attached hydrogen (secondary N) is 5. The molecule has 0 radical (unpaired) electrons. The maximum Gasteiger partial charge on any atom is 0.326 e. The molecule has 5 unspecified atom stereocenters. The Kier molecular flexibility index (Phi) is 17.0. The summed E-state index contributed by atoms with van der Waals surface area (Å²) in [5, 5.41) is 21.5. The van der Waals surface area contributed by atoms with Crippen molar-refractivity contribution in [2.75, 3.05) is 25.4 Å². The number of amides is 7. The third-order valence-corrected chi connectivity index (χ3v) is 7.35. The van der Waals surface area contributed by atoms with E-state index in [4.69, 9.17) is 17.2 Å². The molecule has 20 heteroatoms. The standard InChI is InChI=1S/C27H46N10O9S/c1-13(2)21(25(44)37-9-5-7-18(37)24(43)34-16(26(45)46)10-19(28)39)36-20(40)11-32-22(41)17(12-47)35-23(42)15(33-14(3)38)6-4-8-31-27(29)30/h13,15-18,21,47H,4-12H2,1-3H3,(H2,28,39)(H,32,41)(H,33,38)(H,34,43)(H,35,42)(H,36,40)(H,45,46)(H4,29,30,31). The Hall–Kier alpha value is -4.62. The summed E-state index contributed by atoms with van der Waals surface area (Å²) in [6.07, 6.45) is 0.549. The molecule has 0 saturated carbocycles. The Morgan fingerprint density at radius 3 is 2.13 bits per heavy atom. The molecule has 0 aromatic carbocycles. The topological polar surface area (TPSA) is 311 Å². The lowest BCUT2D eigenvalue weighted by Gasteiger charge is -2.31. The number of carboxylic acid groups (broad SMARTS) is 1. The van der Waals surface area contributed by atoms with Gasteiger partial charge in [0.05, 0.1) is 13.0 Å². The second-order valence-corrected chi connectivity index (χ2v) is 11.6. The summed E-state index contributed by atoms with van der Waals surface area (Å²) >= 11 is 4.11. The van der Waals surface area contributed by atoms with Gasteiger partial charge in [0.2, 0.25) is 41.4 Å². The van der Waals surface area contributed by atoms with Gasteiger partial charge in [-0.3, -0.25) is 38.6 Å². The molecule has 1 aliphatic heterocycles. The number of primary amides is 1. The van der Waals surface area contributed by atoms with Crippen molar-refractivity contribution in [1.82, 2.24) is 31.5 Å². The number of carboxylic acids is 1. The predicted octanol–water partition coefficient (Wildman–Crippen LogP) is -4.35. The number of nitrogens with two attached hydrogens (primary N) is 3. The molecule has 0 spiro atoms. The Morgan fingerprint density at radius 2 is 1.60 bits per heavy atom. The number of carbonyl (C=O) groups is 8. The first-order valence-corrected chi connectivity index (χ1v) is 15.5. The van der Waals surface area contributed by atoms with E-state index in [1.807, 2.05) is 0 Å². The summed E-state index contributed by atoms with van der Waals surface area (Å²) in [7, 11) is 0. The molecule has 19 nitrogen and oxygen atoms in total. The normalized spacial score (nSPS) is 16.5. The van der Waals surface area contributed by atoms with Gasteiger partial charge in [0.1, 0.15) is 30.2 Å². The molecule has 1 aliphatic rings. The lowest BCUT2D eigenvalue weighted by Crippen LogP contribution is -2.58. The van der Waals surface area contributed by atoms with Crippen molar-refractivity contribution >= 4 is 65.9 Å². The smallest absolute Gasteiger partial charge is 0.326 e. The van der Waals surface area contributed by atoms with E-state index in [2.05, 4.69) is 44.2 Å². The van der Waals surface area contributed by atoms with E-state index in [1.54, 1.807) is 13.8 Å². The molecule has 5 atom stereocenters. The Bertz CT molecular complexity index is 1210. The number of hydrogen-bond acceptors (Lipinski definition) is 10. The van der Waals surface area contributed by atoms with Gasteiger partial charge in [0, 0.05) is 25.8 Å². The third kappa shape index (κ3) is 14.1. The molecular weight excluding hydrogens is 640 g/mol. The number of aliphatic imine (C=N–C) groups is 1. The number of nitrogens with zero attached hydrogens (tertiary/aromatic N) is 2. The molecule has 12 N–H and O–H groups in total. The van der Waals surface area contributed by atoms with E-state index in [0.29, 0.717) is 12.8 Å². The van der Waals surface area contributed by atoms with Crippen LogP contribution in [0.15, 0.2) is 4.99 Å². The van der Waals surface area contributed by atoms with E-state index in [1.165, 1.54) is 11.8 Å². The number of aliphatic carboxylic acids is 1. The van der Waals surface area contributed by atoms with Crippen LogP contribution in [0.2, 0.25) is 0 Å². The predicted molar refractivity (Wildman–Crippen MR) is 171 cm³/mol. The van der Waals surface area contributed by atoms with Gasteiger partial charge in [-0.15, -0.1) is 0 Å². The highest BCUT2D eigenvalue weighted by molar-refractivity contribution is 7.80. The number of carbonyl (C=O) groups excluding carboxylic acids is 7. The number of rotatable bonds is 19. The van der Waals surface area contributed by atoms with Gasteiger partial charge in [-0.2, -0.15) is 12.6 Å². The maximum atomic E-state index is 13.5. The second-order valence-electron chi connectivity index (χ2n) is 11.2. The minimum absolute atomic E-state index is 0.123. The molecule has 264 valence electrons. The van der Waals surface area contributed by atoms with Crippen LogP contribution in [-0.4, -0.2) is 119 Å². The zero-order valence-corrected chi connectivity index (χ0v) is 27.5. The van der Waals surface area contributed by atoms with Gasteiger partial charge >= 0.3 is 5.97 Å². The monoisotopic (exact) mass is 686 g/mol. The first-order chi connectivity index (χ1) is 22.0. The number of hydrogen-bond donors (Lipinski definition) is 10. The molecule has 0 bridgehead atoms. The minimum Gasteiger partial charge on any atom is -0.480 e. The summed E-state index contributed by atoms with van der Waals surface area (Å²) < 4.78 is 0. The van der Waals surface area contributed by atoms with Crippen LogP contribution in [0.4, 0.5) is 0 Å². The first-order valence-electron chi connectivity index (χ1n) is 14.9. The zero-order chi connectivity index (χ0) is 35.8. The Balaban J connectivity index is 2.83. The van der Waals surface area contributed by atoms with Crippen LogP contribution in [-0.2, 0) is 38.4 Å². The molecule has 7 amide bonds. The third-order valence-electron chi connectivity index (χ3n) is 6.99. The molecule has 0 aromatic rings. The van der Waals surface area contributed by atoms with Gasteiger partial charge in [-0.25, -0.2) is 4.79 Å². The highest BCUT2D eigenvalue weighted by atomic mass is 32.1. The highest BCUT2D eigenvalue weighted by Crippen LogP contribution is 2.21. The fourth-order valence-electron chi connectivity index (χ4n) is 4.66. The number of likely N-dealkylation sites (tertiary alicyclic amines) is 1. The van der Waals surface area contributed by atoms with Gasteiger partial charge in [0.25, 0.3) is 0 Å². The van der Waals surface area contributed by atoms with Crippen molar-refractivity contribution in [3.8, 4) is 0 Å². The fraction of sp³-hybridized carbons (Fsp3) is 0.667. The van der Waals surface area contributed by atoms with Gasteiger partial charge < -0.3 is 53.8 Å². The van der Waals surface area contributed by atoms with Crippen molar-refractivity contribution in [2.24, 2.45) is 28.1 Å². The van der Waals surface area contributed by atoms with E-state index in [-0.39, 0.29) is 37.6 Å². The van der Waals surface area contributed by atoms with Crippen LogP contribution in [0.3, 0.4) is 0 Å². The Morgan fingerprint density at radius 1 is 0.936 bits per heavy atom. The average molecular weight is 687 g/mol. The summed E-state index contributed by atoms with van der Waals surface area (Å²) in [6.45, 7) is 4.36. The number of guanidine groups is 1. The molecular formula is C27H46N10O9S. The van der Waals surface area contributed by atoms with Crippen LogP contribution in [0.25, 0.3) is 0 Å². The largest absolute Gasteiger partial charge is 0.480 e. The van der Waals surface area contributed by atoms with Crippen LogP contribution >= 0.6 is 12.6 Å². The summed E-state index contributed by atoms with van der Waals surface area (Å²) in [5.41, 5.74) is 15.6. The van der Waals surface area contributed by atoms with Crippen molar-refractivity contribution in [2.45, 2.75) is 83.1 Å². The lowest BCUT2D eigenvalue weighted by atomic mass is 10.0. The fourth-order valence-corrected chi connectivity index (χ4v) is 4.92. The number of thiol groups is 1. The van der Waals surface area contributed by atoms with Gasteiger partial charge in [0.15, 0.2) is 5.96 Å². The van der Waals surface area contributed by atoms with E-state index < -0.39 is 96.4 Å². The molecule has 1 fully saturated rings. The summed E-state index contributed by atoms with van der Waals surface area (Å²) in [5.74, 6) is -7.11. The van der Waals surface area contributed by atoms with Gasteiger partial charge in [-0.05, 0) is 31.6 Å². The van der Waals surface area contributed by atoms with Gasteiger partial charge in [-0.1, -0.05) is 13.8 Å². The molecule has 1 heterocycles. The van der Waals surface area contributed by atoms with Crippen molar-refractivity contribution < 1.29 is 43.5 Å². The molecule has 0 aromatic heterocycles. The van der Waals surface area contributed by atoms with Crippen molar-refractivity contribution in [3.63, 3.8) is 0 Å². The average Bonchev–Trinajstić information content (AvgIpc) is 3.47. The summed E-state index contributed by atoms with van der Waals surface area (Å²) in [6, 6.07) is -5.88. The lowest BCUT2D eigenvalue weighted by molar-refractivity contribution is -0.146. The Labute approximate surface area is 277 Å². The second kappa shape index (κ2) is 19.8. The quantitative estimate of drug-likeness (QED) is 0.0268. The van der Waals surface area contributed by atoms with E-state index in [0.717, 1.165) is 0 Å². The SMILES string of the molecule is CC(=O)NC(CCCN=C(N)N)C(=O)NC(CS)C(=O)NCC(=O)NC(C(=O)N1CCCC1C(=O)NC(CC(N)=O)C(=O)O)C(C)C. The first kappa shape index (κ1) is 40.4. The van der Waals surface area contributed by atoms with Crippen molar-refractivity contribution in [3.05, 3.63) is 0 Å². The molecule has 1 rings (SSSR count). The van der Waals surface area contributed by atoms with Crippen LogP contribution in [0.1, 0.15) is 52.9 Å². The minimum atomic E-state index is -1.57. The summed E-state index contributed by atoms with van der Waals surface area (Å²) in [4.78, 5) is 104.